The van der Waals surface area contributed by atoms with Crippen molar-refractivity contribution in [3.05, 3.63) is 48.2 Å². The van der Waals surface area contributed by atoms with Gasteiger partial charge in [0, 0.05) is 31.4 Å². The lowest BCUT2D eigenvalue weighted by atomic mass is 9.99. The van der Waals surface area contributed by atoms with E-state index >= 15 is 0 Å². The molecule has 0 bridgehead atoms. The molecule has 3 rings (SSSR count). The summed E-state index contributed by atoms with van der Waals surface area (Å²) in [6, 6.07) is 12.3. The van der Waals surface area contributed by atoms with Gasteiger partial charge in [-0.3, -0.25) is 4.79 Å². The van der Waals surface area contributed by atoms with Crippen molar-refractivity contribution in [2.75, 3.05) is 30.0 Å². The Morgan fingerprint density at radius 1 is 1.24 bits per heavy atom. The lowest BCUT2D eigenvalue weighted by Gasteiger charge is -2.24. The summed E-state index contributed by atoms with van der Waals surface area (Å²) in [6.07, 6.45) is 3.37. The molecule has 0 radical (unpaired) electrons. The minimum Gasteiger partial charge on any atom is -0.381 e. The van der Waals surface area contributed by atoms with Gasteiger partial charge < -0.3 is 15.0 Å². The normalized spacial score (nSPS) is 15.0. The Balaban J connectivity index is 1.69. The standard InChI is InChI=1S/C20H25N3O2/c1-3-23(17-6-4-5-15(2)13-17)18-7-8-19(21-14-18)22-20(24)16-9-11-25-12-10-16/h4-8,13-14,16H,3,9-12H2,1-2H3,(H,21,22,24). The Hall–Kier alpha value is -2.40. The van der Waals surface area contributed by atoms with Crippen LogP contribution in [0.5, 0.6) is 0 Å². The Labute approximate surface area is 149 Å². The Morgan fingerprint density at radius 3 is 2.68 bits per heavy atom. The minimum atomic E-state index is 0.0228. The summed E-state index contributed by atoms with van der Waals surface area (Å²) >= 11 is 0. The third kappa shape index (κ3) is 4.37. The molecule has 0 unspecified atom stereocenters. The van der Waals surface area contributed by atoms with E-state index in [-0.39, 0.29) is 11.8 Å². The molecule has 1 saturated heterocycles. The van der Waals surface area contributed by atoms with Crippen molar-refractivity contribution in [3.8, 4) is 0 Å². The van der Waals surface area contributed by atoms with Gasteiger partial charge in [0.2, 0.25) is 5.91 Å². The van der Waals surface area contributed by atoms with Crippen molar-refractivity contribution < 1.29 is 9.53 Å². The zero-order valence-electron chi connectivity index (χ0n) is 14.9. The third-order valence-corrected chi connectivity index (χ3v) is 4.53. The number of anilines is 3. The fourth-order valence-corrected chi connectivity index (χ4v) is 3.12. The number of carbonyl (C=O) groups is 1. The molecule has 2 aromatic rings. The highest BCUT2D eigenvalue weighted by Crippen LogP contribution is 2.26. The number of aryl methyl sites for hydroxylation is 1. The number of ether oxygens (including phenoxy) is 1. The first-order valence-electron chi connectivity index (χ1n) is 8.86. The molecule has 0 aliphatic carbocycles. The molecule has 2 heterocycles. The molecule has 25 heavy (non-hydrogen) atoms. The second-order valence-electron chi connectivity index (χ2n) is 6.36. The zero-order chi connectivity index (χ0) is 17.6. The van der Waals surface area contributed by atoms with Gasteiger partial charge in [0.25, 0.3) is 0 Å². The number of pyridine rings is 1. The molecule has 0 spiro atoms. The number of amides is 1. The van der Waals surface area contributed by atoms with E-state index in [2.05, 4.69) is 53.3 Å². The van der Waals surface area contributed by atoms with Crippen LogP contribution in [0.3, 0.4) is 0 Å². The maximum Gasteiger partial charge on any atom is 0.228 e. The van der Waals surface area contributed by atoms with Crippen molar-refractivity contribution in [2.24, 2.45) is 5.92 Å². The lowest BCUT2D eigenvalue weighted by Crippen LogP contribution is -2.28. The van der Waals surface area contributed by atoms with Crippen LogP contribution in [0.25, 0.3) is 0 Å². The summed E-state index contributed by atoms with van der Waals surface area (Å²) in [4.78, 5) is 18.9. The van der Waals surface area contributed by atoms with Gasteiger partial charge in [-0.05, 0) is 56.5 Å². The van der Waals surface area contributed by atoms with Crippen LogP contribution in [0.1, 0.15) is 25.3 Å². The number of benzene rings is 1. The van der Waals surface area contributed by atoms with Crippen molar-refractivity contribution in [1.29, 1.82) is 0 Å². The van der Waals surface area contributed by atoms with Gasteiger partial charge >= 0.3 is 0 Å². The van der Waals surface area contributed by atoms with Crippen molar-refractivity contribution in [3.63, 3.8) is 0 Å². The average Bonchev–Trinajstić information content (AvgIpc) is 2.64. The predicted molar refractivity (Wildman–Crippen MR) is 100 cm³/mol. The summed E-state index contributed by atoms with van der Waals surface area (Å²) in [6.45, 7) is 6.37. The summed E-state index contributed by atoms with van der Waals surface area (Å²) in [5.74, 6) is 0.657. The predicted octanol–water partition coefficient (Wildman–Crippen LogP) is 3.91. The van der Waals surface area contributed by atoms with E-state index in [4.69, 9.17) is 4.74 Å². The van der Waals surface area contributed by atoms with Gasteiger partial charge in [-0.15, -0.1) is 0 Å². The molecule has 1 aliphatic heterocycles. The lowest BCUT2D eigenvalue weighted by molar-refractivity contribution is -0.122. The van der Waals surface area contributed by atoms with Gasteiger partial charge in [0.15, 0.2) is 0 Å². The molecular weight excluding hydrogens is 314 g/mol. The number of nitrogens with one attached hydrogen (secondary N) is 1. The van der Waals surface area contributed by atoms with E-state index in [0.717, 1.165) is 30.8 Å². The molecule has 1 N–H and O–H groups in total. The van der Waals surface area contributed by atoms with Crippen molar-refractivity contribution >= 4 is 23.1 Å². The number of rotatable bonds is 5. The van der Waals surface area contributed by atoms with Crippen LogP contribution >= 0.6 is 0 Å². The molecular formula is C20H25N3O2. The maximum absolute atomic E-state index is 12.3. The molecule has 1 amide bonds. The maximum atomic E-state index is 12.3. The molecule has 1 aromatic carbocycles. The van der Waals surface area contributed by atoms with Crippen LogP contribution in [0.4, 0.5) is 17.2 Å². The van der Waals surface area contributed by atoms with Gasteiger partial charge in [0.05, 0.1) is 11.9 Å². The number of hydrogen-bond acceptors (Lipinski definition) is 4. The second-order valence-corrected chi connectivity index (χ2v) is 6.36. The highest BCUT2D eigenvalue weighted by Gasteiger charge is 2.21. The monoisotopic (exact) mass is 339 g/mol. The Kier molecular flexibility index (Phi) is 5.66. The van der Waals surface area contributed by atoms with Crippen LogP contribution in [0.15, 0.2) is 42.6 Å². The van der Waals surface area contributed by atoms with E-state index in [1.165, 1.54) is 5.56 Å². The highest BCUT2D eigenvalue weighted by molar-refractivity contribution is 5.91. The van der Waals surface area contributed by atoms with E-state index in [9.17, 15) is 4.79 Å². The SMILES string of the molecule is CCN(c1ccc(NC(=O)C2CCOCC2)nc1)c1cccc(C)c1. The fraction of sp³-hybridized carbons (Fsp3) is 0.400. The van der Waals surface area contributed by atoms with Crippen molar-refractivity contribution in [1.82, 2.24) is 4.98 Å². The van der Waals surface area contributed by atoms with E-state index in [0.29, 0.717) is 19.0 Å². The largest absolute Gasteiger partial charge is 0.381 e. The Morgan fingerprint density at radius 2 is 2.04 bits per heavy atom. The fourth-order valence-electron chi connectivity index (χ4n) is 3.12. The summed E-state index contributed by atoms with van der Waals surface area (Å²) < 4.78 is 5.30. The smallest absolute Gasteiger partial charge is 0.228 e. The van der Waals surface area contributed by atoms with Crippen molar-refractivity contribution in [2.45, 2.75) is 26.7 Å². The summed E-state index contributed by atoms with van der Waals surface area (Å²) in [7, 11) is 0. The minimum absolute atomic E-state index is 0.0228. The first-order valence-corrected chi connectivity index (χ1v) is 8.86. The average molecular weight is 339 g/mol. The van der Waals surface area contributed by atoms with Crippen LogP contribution in [0.2, 0.25) is 0 Å². The van der Waals surface area contributed by atoms with E-state index in [1.807, 2.05) is 18.3 Å². The van der Waals surface area contributed by atoms with Crippen LogP contribution in [-0.4, -0.2) is 30.6 Å². The topological polar surface area (TPSA) is 54.5 Å². The number of nitrogens with zero attached hydrogens (tertiary/aromatic N) is 2. The third-order valence-electron chi connectivity index (χ3n) is 4.53. The molecule has 1 fully saturated rings. The first-order chi connectivity index (χ1) is 12.2. The van der Waals surface area contributed by atoms with Gasteiger partial charge in [-0.1, -0.05) is 12.1 Å². The molecule has 0 atom stereocenters. The van der Waals surface area contributed by atoms with Crippen LogP contribution in [-0.2, 0) is 9.53 Å². The summed E-state index contributed by atoms with van der Waals surface area (Å²) in [5.41, 5.74) is 3.38. The van der Waals surface area contributed by atoms with E-state index < -0.39 is 0 Å². The van der Waals surface area contributed by atoms with Gasteiger partial charge in [-0.2, -0.15) is 0 Å². The summed E-state index contributed by atoms with van der Waals surface area (Å²) in [5, 5.41) is 2.92. The van der Waals surface area contributed by atoms with Crippen LogP contribution < -0.4 is 10.2 Å². The molecule has 1 aromatic heterocycles. The van der Waals surface area contributed by atoms with Gasteiger partial charge in [-0.25, -0.2) is 4.98 Å². The number of carbonyl (C=O) groups excluding carboxylic acids is 1. The van der Waals surface area contributed by atoms with E-state index in [1.54, 1.807) is 0 Å². The molecule has 1 aliphatic rings. The highest BCUT2D eigenvalue weighted by atomic mass is 16.5. The molecule has 5 heteroatoms. The quantitative estimate of drug-likeness (QED) is 0.897. The number of hydrogen-bond donors (Lipinski definition) is 1. The molecule has 0 saturated carbocycles. The second kappa shape index (κ2) is 8.12. The number of aromatic nitrogens is 1. The Bertz CT molecular complexity index is 709. The van der Waals surface area contributed by atoms with Gasteiger partial charge in [0.1, 0.15) is 5.82 Å². The zero-order valence-corrected chi connectivity index (χ0v) is 14.9. The van der Waals surface area contributed by atoms with Crippen LogP contribution in [0, 0.1) is 12.8 Å². The first kappa shape index (κ1) is 17.4. The molecule has 132 valence electrons. The molecule has 5 nitrogen and oxygen atoms in total.